The molecule has 0 saturated heterocycles. The molecular weight excluding hydrogens is 230 g/mol. The van der Waals surface area contributed by atoms with Gasteiger partial charge in [-0.15, -0.1) is 0 Å². The van der Waals surface area contributed by atoms with E-state index in [0.29, 0.717) is 0 Å². The summed E-state index contributed by atoms with van der Waals surface area (Å²) in [6, 6.07) is 0. The molecule has 0 amide bonds. The Balaban J connectivity index is 2.87. The second kappa shape index (κ2) is 10.2. The van der Waals surface area contributed by atoms with Crippen molar-refractivity contribution in [2.45, 2.75) is 26.2 Å². The van der Waals surface area contributed by atoms with E-state index < -0.39 is 0 Å². The summed E-state index contributed by atoms with van der Waals surface area (Å²) in [5.41, 5.74) is 0. The van der Waals surface area contributed by atoms with Crippen LogP contribution in [0.1, 0.15) is 26.2 Å². The Hall–Kier alpha value is 0.140. The number of ether oxygens (including phenoxy) is 1. The molecule has 0 saturated carbocycles. The van der Waals surface area contributed by atoms with E-state index in [1.807, 2.05) is 0 Å². The predicted molar refractivity (Wildman–Crippen MR) is 61.3 cm³/mol. The molecule has 0 spiro atoms. The van der Waals surface area contributed by atoms with Crippen molar-refractivity contribution in [3.8, 4) is 0 Å². The van der Waals surface area contributed by atoms with Gasteiger partial charge in [-0.05, 0) is 19.4 Å². The second-order valence-corrected chi connectivity index (χ2v) is 4.13. The van der Waals surface area contributed by atoms with Gasteiger partial charge in [0.05, 0.1) is 0 Å². The number of unbranched alkanes of at least 4 members (excludes halogenated alkanes) is 1. The Bertz CT molecular complexity index is 128. The number of hydrogen-bond acceptors (Lipinski definition) is 2. The minimum absolute atomic E-state index is 0.842. The van der Waals surface area contributed by atoms with Gasteiger partial charge in [0, 0.05) is 24.2 Å². The molecule has 0 aromatic rings. The third-order valence-electron chi connectivity index (χ3n) is 1.60. The van der Waals surface area contributed by atoms with Crippen LogP contribution in [0.4, 0.5) is 0 Å². The highest BCUT2D eigenvalue weighted by molar-refractivity contribution is 9.11. The van der Waals surface area contributed by atoms with Crippen molar-refractivity contribution in [2.75, 3.05) is 26.3 Å². The summed E-state index contributed by atoms with van der Waals surface area (Å²) in [6.07, 6.45) is 3.46. The zero-order valence-corrected chi connectivity index (χ0v) is 10.0. The molecule has 0 fully saturated rings. The molecule has 0 radical (unpaired) electrons. The lowest BCUT2D eigenvalue weighted by atomic mass is 10.4. The fraction of sp³-hybridized carbons (Fsp3) is 0.800. The van der Waals surface area contributed by atoms with Crippen molar-refractivity contribution in [3.05, 3.63) is 11.1 Å². The Morgan fingerprint density at radius 2 is 2.08 bits per heavy atom. The van der Waals surface area contributed by atoms with Crippen molar-refractivity contribution in [1.29, 1.82) is 0 Å². The van der Waals surface area contributed by atoms with Crippen molar-refractivity contribution in [2.24, 2.45) is 0 Å². The van der Waals surface area contributed by atoms with E-state index in [9.17, 15) is 0 Å². The molecule has 1 N–H and O–H groups in total. The number of nitrogens with one attached hydrogen (secondary N) is 1. The molecule has 0 rings (SSSR count). The maximum atomic E-state index is 5.41. The van der Waals surface area contributed by atoms with Gasteiger partial charge in [0.2, 0.25) is 0 Å². The predicted octanol–water partition coefficient (Wildman–Crippen LogP) is 2.69. The zero-order valence-electron chi connectivity index (χ0n) is 8.44. The first-order valence-corrected chi connectivity index (χ1v) is 5.68. The van der Waals surface area contributed by atoms with Gasteiger partial charge in [-0.25, -0.2) is 0 Å². The monoisotopic (exact) mass is 249 g/mol. The molecule has 0 atom stereocenters. The Labute approximate surface area is 89.9 Å². The van der Waals surface area contributed by atoms with E-state index in [1.165, 1.54) is 12.8 Å². The first-order chi connectivity index (χ1) is 6.27. The molecule has 13 heavy (non-hydrogen) atoms. The lowest BCUT2D eigenvalue weighted by molar-refractivity contribution is 0.129. The van der Waals surface area contributed by atoms with Gasteiger partial charge in [-0.1, -0.05) is 35.9 Å². The van der Waals surface area contributed by atoms with Crippen molar-refractivity contribution in [1.82, 2.24) is 5.32 Å². The number of rotatable bonds is 9. The van der Waals surface area contributed by atoms with Gasteiger partial charge in [0.1, 0.15) is 0 Å². The Kier molecular flexibility index (Phi) is 10.3. The van der Waals surface area contributed by atoms with Crippen LogP contribution >= 0.6 is 15.9 Å². The highest BCUT2D eigenvalue weighted by atomic mass is 79.9. The quantitative estimate of drug-likeness (QED) is 0.635. The summed E-state index contributed by atoms with van der Waals surface area (Å²) >= 11 is 3.29. The third kappa shape index (κ3) is 12.1. The van der Waals surface area contributed by atoms with Crippen LogP contribution in [0, 0.1) is 0 Å². The van der Waals surface area contributed by atoms with E-state index in [-0.39, 0.29) is 0 Å². The molecule has 0 unspecified atom stereocenters. The standard InChI is InChI=1S/C10H20BrNO/c1-3-4-7-13-8-5-6-12-9-10(2)11/h12H,2-9H2,1H3. The zero-order chi connectivity index (χ0) is 9.94. The first-order valence-electron chi connectivity index (χ1n) is 4.89. The van der Waals surface area contributed by atoms with E-state index in [0.717, 1.165) is 37.2 Å². The van der Waals surface area contributed by atoms with Crippen LogP contribution in [-0.4, -0.2) is 26.3 Å². The van der Waals surface area contributed by atoms with E-state index >= 15 is 0 Å². The SMILES string of the molecule is C=C(Br)CNCCCOCCCC. The van der Waals surface area contributed by atoms with Crippen LogP contribution in [0.3, 0.4) is 0 Å². The fourth-order valence-electron chi connectivity index (χ4n) is 0.872. The van der Waals surface area contributed by atoms with Crippen LogP contribution in [0.5, 0.6) is 0 Å². The fourth-order valence-corrected chi connectivity index (χ4v) is 1.07. The van der Waals surface area contributed by atoms with Crippen LogP contribution < -0.4 is 5.32 Å². The topological polar surface area (TPSA) is 21.3 Å². The van der Waals surface area contributed by atoms with Crippen molar-refractivity contribution < 1.29 is 4.74 Å². The largest absolute Gasteiger partial charge is 0.381 e. The lowest BCUT2D eigenvalue weighted by Gasteiger charge is -2.04. The maximum absolute atomic E-state index is 5.41. The average molecular weight is 250 g/mol. The molecule has 3 heteroatoms. The van der Waals surface area contributed by atoms with E-state index in [4.69, 9.17) is 4.74 Å². The smallest absolute Gasteiger partial charge is 0.0478 e. The summed E-state index contributed by atoms with van der Waals surface area (Å²) in [6.45, 7) is 9.52. The van der Waals surface area contributed by atoms with Crippen LogP contribution in [-0.2, 0) is 4.74 Å². The summed E-state index contributed by atoms with van der Waals surface area (Å²) in [5, 5.41) is 3.25. The summed E-state index contributed by atoms with van der Waals surface area (Å²) < 4.78 is 6.41. The van der Waals surface area contributed by atoms with Gasteiger partial charge in [-0.3, -0.25) is 0 Å². The van der Waals surface area contributed by atoms with Crippen LogP contribution in [0.15, 0.2) is 11.1 Å². The van der Waals surface area contributed by atoms with Crippen molar-refractivity contribution in [3.63, 3.8) is 0 Å². The molecule has 0 aromatic carbocycles. The van der Waals surface area contributed by atoms with E-state index in [2.05, 4.69) is 34.7 Å². The first kappa shape index (κ1) is 13.1. The highest BCUT2D eigenvalue weighted by Gasteiger charge is 1.90. The minimum Gasteiger partial charge on any atom is -0.381 e. The number of hydrogen-bond donors (Lipinski definition) is 1. The van der Waals surface area contributed by atoms with Crippen LogP contribution in [0.2, 0.25) is 0 Å². The Morgan fingerprint density at radius 1 is 1.38 bits per heavy atom. The molecule has 78 valence electrons. The normalized spacial score (nSPS) is 10.3. The molecule has 0 aromatic heterocycles. The minimum atomic E-state index is 0.842. The summed E-state index contributed by atoms with van der Waals surface area (Å²) in [4.78, 5) is 0. The van der Waals surface area contributed by atoms with Gasteiger partial charge in [0.15, 0.2) is 0 Å². The highest BCUT2D eigenvalue weighted by Crippen LogP contribution is 1.96. The summed E-state index contributed by atoms with van der Waals surface area (Å²) in [7, 11) is 0. The van der Waals surface area contributed by atoms with Crippen LogP contribution in [0.25, 0.3) is 0 Å². The molecule has 0 aliphatic heterocycles. The van der Waals surface area contributed by atoms with Gasteiger partial charge in [0.25, 0.3) is 0 Å². The van der Waals surface area contributed by atoms with Gasteiger partial charge >= 0.3 is 0 Å². The van der Waals surface area contributed by atoms with Gasteiger partial charge in [-0.2, -0.15) is 0 Å². The maximum Gasteiger partial charge on any atom is 0.0478 e. The second-order valence-electron chi connectivity index (χ2n) is 3.01. The summed E-state index contributed by atoms with van der Waals surface area (Å²) in [5.74, 6) is 0. The molecule has 0 heterocycles. The molecule has 2 nitrogen and oxygen atoms in total. The Morgan fingerprint density at radius 3 is 2.69 bits per heavy atom. The average Bonchev–Trinajstić information content (AvgIpc) is 2.09. The molecular formula is C10H20BrNO. The van der Waals surface area contributed by atoms with Gasteiger partial charge < -0.3 is 10.1 Å². The molecule has 0 aliphatic rings. The van der Waals surface area contributed by atoms with Crippen molar-refractivity contribution >= 4 is 15.9 Å². The lowest BCUT2D eigenvalue weighted by Crippen LogP contribution is -2.18. The van der Waals surface area contributed by atoms with E-state index in [1.54, 1.807) is 0 Å². The molecule has 0 aliphatic carbocycles. The molecule has 0 bridgehead atoms. The number of halogens is 1. The third-order valence-corrected chi connectivity index (χ3v) is 1.88.